The van der Waals surface area contributed by atoms with Gasteiger partial charge in [0.05, 0.1) is 7.11 Å². The Bertz CT molecular complexity index is 373. The molecule has 0 unspecified atom stereocenters. The smallest absolute Gasteiger partial charge is 0.327 e. The molecule has 0 aliphatic heterocycles. The highest BCUT2D eigenvalue weighted by atomic mass is 28.3. The summed E-state index contributed by atoms with van der Waals surface area (Å²) in [5.41, 5.74) is 0.990. The maximum Gasteiger partial charge on any atom is 0.327 e. The Kier molecular flexibility index (Phi) is 4.48. The number of hydrogen-bond acceptors (Lipinski definition) is 3. The number of nitrogens with zero attached hydrogens (tertiary/aromatic N) is 1. The van der Waals surface area contributed by atoms with Crippen LogP contribution in [0.2, 0.25) is 19.6 Å². The van der Waals surface area contributed by atoms with Gasteiger partial charge in [-0.2, -0.15) is 0 Å². The molecule has 4 heteroatoms. The van der Waals surface area contributed by atoms with Crippen LogP contribution in [0, 0.1) is 0 Å². The minimum atomic E-state index is -1.55. The van der Waals surface area contributed by atoms with Gasteiger partial charge in [0.1, 0.15) is 14.3 Å². The van der Waals surface area contributed by atoms with Crippen LogP contribution in [0.3, 0.4) is 0 Å². The molecule has 1 aromatic carbocycles. The summed E-state index contributed by atoms with van der Waals surface area (Å²) >= 11 is 0. The lowest BCUT2D eigenvalue weighted by molar-refractivity contribution is -0.145. The van der Waals surface area contributed by atoms with Gasteiger partial charge >= 0.3 is 5.97 Å². The molecule has 0 aliphatic rings. The fraction of sp³-hybridized carbons (Fsp3) is 0.462. The Labute approximate surface area is 104 Å². The maximum absolute atomic E-state index is 12.0. The van der Waals surface area contributed by atoms with Crippen molar-refractivity contribution >= 4 is 14.2 Å². The second-order valence-electron chi connectivity index (χ2n) is 5.12. The van der Waals surface area contributed by atoms with Gasteiger partial charge in [0.15, 0.2) is 0 Å². The molecule has 0 amide bonds. The van der Waals surface area contributed by atoms with Crippen LogP contribution >= 0.6 is 0 Å². The summed E-state index contributed by atoms with van der Waals surface area (Å²) in [7, 11) is 1.89. The molecule has 0 saturated heterocycles. The number of carbonyl (C=O) groups excluding carboxylic acids is 1. The van der Waals surface area contributed by atoms with Gasteiger partial charge < -0.3 is 9.30 Å². The fourth-order valence-electron chi connectivity index (χ4n) is 1.65. The van der Waals surface area contributed by atoms with Crippen molar-refractivity contribution in [1.29, 1.82) is 0 Å². The van der Waals surface area contributed by atoms with E-state index >= 15 is 0 Å². The van der Waals surface area contributed by atoms with Gasteiger partial charge in [-0.15, -0.1) is 0 Å². The molecule has 0 radical (unpaired) electrons. The van der Waals surface area contributed by atoms with Gasteiger partial charge in [0, 0.05) is 0 Å². The summed E-state index contributed by atoms with van der Waals surface area (Å²) < 4.78 is 7.09. The zero-order valence-corrected chi connectivity index (χ0v) is 12.2. The van der Waals surface area contributed by atoms with Gasteiger partial charge in [-0.05, 0) is 12.6 Å². The van der Waals surface area contributed by atoms with Crippen LogP contribution in [0.4, 0.5) is 0 Å². The second-order valence-corrected chi connectivity index (χ2v) is 10.2. The van der Waals surface area contributed by atoms with Crippen LogP contribution in [-0.2, 0) is 9.53 Å². The number of ether oxygens (including phenoxy) is 1. The van der Waals surface area contributed by atoms with E-state index in [4.69, 9.17) is 4.74 Å². The van der Waals surface area contributed by atoms with Crippen LogP contribution in [-0.4, -0.2) is 32.9 Å². The molecule has 17 heavy (non-hydrogen) atoms. The van der Waals surface area contributed by atoms with E-state index < -0.39 is 8.24 Å². The zero-order chi connectivity index (χ0) is 13.1. The molecule has 0 saturated carbocycles. The Balaban J connectivity index is 3.10. The first-order valence-electron chi connectivity index (χ1n) is 5.73. The molecular formula is C13H21NO2Si. The number of methoxy groups -OCH3 is 1. The van der Waals surface area contributed by atoms with Gasteiger partial charge in [-0.1, -0.05) is 50.0 Å². The van der Waals surface area contributed by atoms with E-state index in [0.717, 1.165) is 5.56 Å². The number of likely N-dealkylation sites (N-methyl/N-ethyl adjacent to an activating group) is 1. The summed E-state index contributed by atoms with van der Waals surface area (Å²) in [4.78, 5) is 12.0. The van der Waals surface area contributed by atoms with Crippen molar-refractivity contribution in [3.8, 4) is 0 Å². The predicted octanol–water partition coefficient (Wildman–Crippen LogP) is 2.67. The summed E-state index contributed by atoms with van der Waals surface area (Å²) in [6.07, 6.45) is 0. The monoisotopic (exact) mass is 251 g/mol. The highest BCUT2D eigenvalue weighted by Crippen LogP contribution is 2.25. The molecule has 0 heterocycles. The normalized spacial score (nSPS) is 13.5. The first-order valence-corrected chi connectivity index (χ1v) is 9.18. The quantitative estimate of drug-likeness (QED) is 0.608. The van der Waals surface area contributed by atoms with Crippen molar-refractivity contribution in [3.05, 3.63) is 35.9 Å². The zero-order valence-electron chi connectivity index (χ0n) is 11.2. The number of hydrogen-bond donors (Lipinski definition) is 0. The molecule has 0 fully saturated rings. The minimum Gasteiger partial charge on any atom is -0.468 e. The largest absolute Gasteiger partial charge is 0.468 e. The molecule has 3 nitrogen and oxygen atoms in total. The third-order valence-corrected chi connectivity index (χ3v) is 5.36. The molecule has 0 bridgehead atoms. The third-order valence-electron chi connectivity index (χ3n) is 2.99. The van der Waals surface area contributed by atoms with Crippen molar-refractivity contribution in [3.63, 3.8) is 0 Å². The number of carbonyl (C=O) groups is 1. The summed E-state index contributed by atoms with van der Waals surface area (Å²) in [6.45, 7) is 6.64. The summed E-state index contributed by atoms with van der Waals surface area (Å²) in [6, 6.07) is 9.49. The highest BCUT2D eigenvalue weighted by Gasteiger charge is 2.33. The lowest BCUT2D eigenvalue weighted by atomic mass is 10.1. The molecule has 0 spiro atoms. The molecule has 0 aliphatic carbocycles. The standard InChI is InChI=1S/C13H21NO2Si/c1-14(17(3,4)5)12(13(15)16-2)11-9-7-6-8-10-11/h6-10,12H,1-5H3/t12-/m1/s1. The fourth-order valence-corrected chi connectivity index (χ4v) is 2.68. The Morgan fingerprint density at radius 2 is 1.76 bits per heavy atom. The summed E-state index contributed by atoms with van der Waals surface area (Å²) in [5.74, 6) is -0.193. The maximum atomic E-state index is 12.0. The predicted molar refractivity (Wildman–Crippen MR) is 72.3 cm³/mol. The number of benzene rings is 1. The molecular weight excluding hydrogens is 230 g/mol. The Morgan fingerprint density at radius 1 is 1.24 bits per heavy atom. The van der Waals surface area contributed by atoms with Crippen LogP contribution < -0.4 is 0 Å². The molecule has 0 aromatic heterocycles. The van der Waals surface area contributed by atoms with E-state index in [2.05, 4.69) is 24.2 Å². The average Bonchev–Trinajstić information content (AvgIpc) is 2.29. The van der Waals surface area contributed by atoms with Crippen molar-refractivity contribution in [2.24, 2.45) is 0 Å². The Morgan fingerprint density at radius 3 is 2.18 bits per heavy atom. The molecule has 1 atom stereocenters. The van der Waals surface area contributed by atoms with Crippen molar-refractivity contribution in [1.82, 2.24) is 4.57 Å². The van der Waals surface area contributed by atoms with Gasteiger partial charge in [0.25, 0.3) is 0 Å². The lowest BCUT2D eigenvalue weighted by Gasteiger charge is -2.36. The van der Waals surface area contributed by atoms with Crippen LogP contribution in [0.1, 0.15) is 11.6 Å². The average molecular weight is 251 g/mol. The first-order chi connectivity index (χ1) is 7.88. The third kappa shape index (κ3) is 3.41. The molecule has 94 valence electrons. The van der Waals surface area contributed by atoms with E-state index in [0.29, 0.717) is 0 Å². The van der Waals surface area contributed by atoms with E-state index in [1.54, 1.807) is 0 Å². The van der Waals surface area contributed by atoms with Gasteiger partial charge in [-0.25, -0.2) is 0 Å². The Hall–Kier alpha value is -1.13. The highest BCUT2D eigenvalue weighted by molar-refractivity contribution is 6.73. The van der Waals surface area contributed by atoms with Crippen molar-refractivity contribution < 1.29 is 9.53 Å². The molecule has 1 rings (SSSR count). The van der Waals surface area contributed by atoms with Crippen molar-refractivity contribution in [2.45, 2.75) is 25.7 Å². The molecule has 0 N–H and O–H groups in total. The lowest BCUT2D eigenvalue weighted by Crippen LogP contribution is -2.48. The van der Waals surface area contributed by atoms with E-state index in [1.807, 2.05) is 37.4 Å². The topological polar surface area (TPSA) is 29.5 Å². The van der Waals surface area contributed by atoms with E-state index in [-0.39, 0.29) is 12.0 Å². The van der Waals surface area contributed by atoms with Gasteiger partial charge in [-0.3, -0.25) is 4.79 Å². The van der Waals surface area contributed by atoms with Crippen LogP contribution in [0.15, 0.2) is 30.3 Å². The van der Waals surface area contributed by atoms with Crippen LogP contribution in [0.5, 0.6) is 0 Å². The summed E-state index contributed by atoms with van der Waals surface area (Å²) in [5, 5.41) is 0. The van der Waals surface area contributed by atoms with Crippen LogP contribution in [0.25, 0.3) is 0 Å². The molecule has 1 aromatic rings. The van der Waals surface area contributed by atoms with Crippen molar-refractivity contribution in [2.75, 3.05) is 14.2 Å². The minimum absolute atomic E-state index is 0.193. The van der Waals surface area contributed by atoms with E-state index in [9.17, 15) is 4.79 Å². The SMILES string of the molecule is COC(=O)[C@@H](c1ccccc1)N(C)[Si](C)(C)C. The number of esters is 1. The second kappa shape index (κ2) is 5.47. The number of rotatable bonds is 4. The first kappa shape index (κ1) is 13.9. The van der Waals surface area contributed by atoms with Gasteiger partial charge in [0.2, 0.25) is 0 Å². The van der Waals surface area contributed by atoms with E-state index in [1.165, 1.54) is 7.11 Å².